The Labute approximate surface area is 109 Å². The number of carboxylic acids is 1. The van der Waals surface area contributed by atoms with Gasteiger partial charge >= 0.3 is 5.97 Å². The molecule has 0 fully saturated rings. The molecule has 0 aliphatic rings. The van der Waals surface area contributed by atoms with Gasteiger partial charge in [-0.05, 0) is 46.5 Å². The monoisotopic (exact) mass is 302 g/mol. The van der Waals surface area contributed by atoms with E-state index in [1.54, 1.807) is 14.2 Å². The van der Waals surface area contributed by atoms with Crippen LogP contribution in [0.15, 0.2) is 10.5 Å². The van der Waals surface area contributed by atoms with E-state index >= 15 is 0 Å². The fourth-order valence-electron chi connectivity index (χ4n) is 1.71. The molecule has 0 bridgehead atoms. The van der Waals surface area contributed by atoms with Crippen LogP contribution < -0.4 is 9.47 Å². The number of aliphatic carboxylic acids is 1. The average molecular weight is 303 g/mol. The molecule has 17 heavy (non-hydrogen) atoms. The van der Waals surface area contributed by atoms with Crippen LogP contribution in [0.3, 0.4) is 0 Å². The van der Waals surface area contributed by atoms with Crippen LogP contribution >= 0.6 is 15.9 Å². The lowest BCUT2D eigenvalue weighted by atomic mass is 10.0. The van der Waals surface area contributed by atoms with Gasteiger partial charge in [-0.25, -0.2) is 0 Å². The third-order valence-corrected chi connectivity index (χ3v) is 3.18. The molecule has 4 nitrogen and oxygen atoms in total. The van der Waals surface area contributed by atoms with Gasteiger partial charge in [0.15, 0.2) is 0 Å². The number of carbonyl (C=O) groups is 1. The molecule has 1 N–H and O–H groups in total. The third-order valence-electron chi connectivity index (χ3n) is 2.46. The molecule has 1 aromatic rings. The van der Waals surface area contributed by atoms with Gasteiger partial charge in [0, 0.05) is 6.42 Å². The fourth-order valence-corrected chi connectivity index (χ4v) is 2.60. The van der Waals surface area contributed by atoms with E-state index in [9.17, 15) is 4.79 Å². The minimum Gasteiger partial charge on any atom is -0.495 e. The predicted octanol–water partition coefficient (Wildman–Crippen LogP) is 2.79. The highest BCUT2D eigenvalue weighted by atomic mass is 79.9. The first-order valence-corrected chi connectivity index (χ1v) is 5.92. The highest BCUT2D eigenvalue weighted by Crippen LogP contribution is 2.40. The minimum atomic E-state index is -0.823. The van der Waals surface area contributed by atoms with Crippen LogP contribution in [-0.4, -0.2) is 25.3 Å². The molecule has 0 saturated carbocycles. The van der Waals surface area contributed by atoms with E-state index in [1.807, 2.05) is 13.0 Å². The van der Waals surface area contributed by atoms with Crippen LogP contribution in [0.5, 0.6) is 11.5 Å². The van der Waals surface area contributed by atoms with Crippen molar-refractivity contribution in [2.45, 2.75) is 19.8 Å². The first-order valence-electron chi connectivity index (χ1n) is 5.13. The number of hydrogen-bond acceptors (Lipinski definition) is 3. The summed E-state index contributed by atoms with van der Waals surface area (Å²) >= 11 is 3.41. The molecule has 0 saturated heterocycles. The van der Waals surface area contributed by atoms with E-state index in [2.05, 4.69) is 15.9 Å². The topological polar surface area (TPSA) is 55.8 Å². The van der Waals surface area contributed by atoms with Crippen LogP contribution in [0.1, 0.15) is 17.5 Å². The third kappa shape index (κ3) is 3.12. The molecule has 0 aliphatic heterocycles. The van der Waals surface area contributed by atoms with E-state index < -0.39 is 5.97 Å². The second kappa shape index (κ2) is 5.91. The van der Waals surface area contributed by atoms with Gasteiger partial charge in [-0.2, -0.15) is 0 Å². The van der Waals surface area contributed by atoms with Crippen LogP contribution in [0, 0.1) is 6.92 Å². The van der Waals surface area contributed by atoms with Crippen molar-refractivity contribution in [1.29, 1.82) is 0 Å². The van der Waals surface area contributed by atoms with Crippen LogP contribution in [0.4, 0.5) is 0 Å². The standard InChI is InChI=1S/C12H15BrO4/c1-7-6-8(4-5-9(14)15)12(17-3)10(13)11(7)16-2/h6H,4-5H2,1-3H3,(H,14,15). The summed E-state index contributed by atoms with van der Waals surface area (Å²) in [6.07, 6.45) is 0.510. The molecule has 94 valence electrons. The normalized spacial score (nSPS) is 10.1. The Balaban J connectivity index is 3.17. The molecule has 1 rings (SSSR count). The molecule has 5 heteroatoms. The molecule has 1 aromatic carbocycles. The number of carboxylic acid groups (broad SMARTS) is 1. The van der Waals surface area contributed by atoms with E-state index in [4.69, 9.17) is 14.6 Å². The first-order chi connectivity index (χ1) is 8.01. The zero-order chi connectivity index (χ0) is 13.0. The first kappa shape index (κ1) is 13.8. The Morgan fingerprint density at radius 2 is 1.94 bits per heavy atom. The van der Waals surface area contributed by atoms with Gasteiger partial charge < -0.3 is 14.6 Å². The van der Waals surface area contributed by atoms with Crippen molar-refractivity contribution < 1.29 is 19.4 Å². The summed E-state index contributed by atoms with van der Waals surface area (Å²) in [7, 11) is 3.14. The highest BCUT2D eigenvalue weighted by Gasteiger charge is 2.16. The number of ether oxygens (including phenoxy) is 2. The molecule has 0 spiro atoms. The van der Waals surface area contributed by atoms with Crippen molar-refractivity contribution >= 4 is 21.9 Å². The maximum atomic E-state index is 10.6. The van der Waals surface area contributed by atoms with Crippen molar-refractivity contribution in [3.63, 3.8) is 0 Å². The van der Waals surface area contributed by atoms with Crippen molar-refractivity contribution in [2.75, 3.05) is 14.2 Å². The average Bonchev–Trinajstić information content (AvgIpc) is 2.26. The predicted molar refractivity (Wildman–Crippen MR) is 67.9 cm³/mol. The second-order valence-corrected chi connectivity index (χ2v) is 4.42. The maximum absolute atomic E-state index is 10.6. The summed E-state index contributed by atoms with van der Waals surface area (Å²) in [5.74, 6) is 0.520. The Kier molecular flexibility index (Phi) is 4.81. The van der Waals surface area contributed by atoms with E-state index in [0.717, 1.165) is 15.6 Å². The Morgan fingerprint density at radius 1 is 1.35 bits per heavy atom. The molecule has 0 unspecified atom stereocenters. The fraction of sp³-hybridized carbons (Fsp3) is 0.417. The summed E-state index contributed by atoms with van der Waals surface area (Å²) < 4.78 is 11.3. The van der Waals surface area contributed by atoms with E-state index in [0.29, 0.717) is 17.9 Å². The number of rotatable bonds is 5. The van der Waals surface area contributed by atoms with Gasteiger partial charge in [0.25, 0.3) is 0 Å². The van der Waals surface area contributed by atoms with E-state index in [1.165, 1.54) is 0 Å². The van der Waals surface area contributed by atoms with Gasteiger partial charge in [-0.3, -0.25) is 4.79 Å². The molecular formula is C12H15BrO4. The second-order valence-electron chi connectivity index (χ2n) is 3.63. The molecule has 0 heterocycles. The van der Waals surface area contributed by atoms with Gasteiger partial charge in [0.1, 0.15) is 16.0 Å². The van der Waals surface area contributed by atoms with Gasteiger partial charge in [-0.1, -0.05) is 0 Å². The van der Waals surface area contributed by atoms with Gasteiger partial charge in [0.05, 0.1) is 14.2 Å². The largest absolute Gasteiger partial charge is 0.495 e. The Morgan fingerprint density at radius 3 is 2.41 bits per heavy atom. The maximum Gasteiger partial charge on any atom is 0.303 e. The summed E-state index contributed by atoms with van der Waals surface area (Å²) in [5.41, 5.74) is 1.81. The number of halogens is 1. The summed E-state index contributed by atoms with van der Waals surface area (Å²) in [6, 6.07) is 1.89. The van der Waals surface area contributed by atoms with Crippen LogP contribution in [0.25, 0.3) is 0 Å². The van der Waals surface area contributed by atoms with Crippen molar-refractivity contribution in [3.8, 4) is 11.5 Å². The summed E-state index contributed by atoms with van der Waals surface area (Å²) in [5, 5.41) is 8.70. The van der Waals surface area contributed by atoms with Gasteiger partial charge in [-0.15, -0.1) is 0 Å². The Hall–Kier alpha value is -1.23. The zero-order valence-corrected chi connectivity index (χ0v) is 11.6. The number of aryl methyl sites for hydroxylation is 2. The highest BCUT2D eigenvalue weighted by molar-refractivity contribution is 9.10. The van der Waals surface area contributed by atoms with Crippen LogP contribution in [0.2, 0.25) is 0 Å². The van der Waals surface area contributed by atoms with Gasteiger partial charge in [0.2, 0.25) is 0 Å². The Bertz CT molecular complexity index is 429. The zero-order valence-electron chi connectivity index (χ0n) is 10.0. The lowest BCUT2D eigenvalue weighted by Gasteiger charge is -2.15. The number of methoxy groups -OCH3 is 2. The molecule has 0 radical (unpaired) electrons. The lowest BCUT2D eigenvalue weighted by Crippen LogP contribution is -2.02. The minimum absolute atomic E-state index is 0.0779. The smallest absolute Gasteiger partial charge is 0.303 e. The van der Waals surface area contributed by atoms with Crippen LogP contribution in [-0.2, 0) is 11.2 Å². The number of benzene rings is 1. The van der Waals surface area contributed by atoms with Crippen molar-refractivity contribution in [2.24, 2.45) is 0 Å². The molecule has 0 atom stereocenters. The summed E-state index contributed by atoms with van der Waals surface area (Å²) in [4.78, 5) is 10.6. The SMILES string of the molecule is COc1c(C)cc(CCC(=O)O)c(OC)c1Br. The lowest BCUT2D eigenvalue weighted by molar-refractivity contribution is -0.136. The molecule has 0 aliphatic carbocycles. The quantitative estimate of drug-likeness (QED) is 0.909. The van der Waals surface area contributed by atoms with Crippen molar-refractivity contribution in [1.82, 2.24) is 0 Å². The number of hydrogen-bond donors (Lipinski definition) is 1. The van der Waals surface area contributed by atoms with Crippen molar-refractivity contribution in [3.05, 3.63) is 21.7 Å². The molecule has 0 aromatic heterocycles. The molecule has 0 amide bonds. The molecular weight excluding hydrogens is 288 g/mol. The van der Waals surface area contributed by atoms with E-state index in [-0.39, 0.29) is 6.42 Å². The summed E-state index contributed by atoms with van der Waals surface area (Å²) in [6.45, 7) is 1.91.